The topological polar surface area (TPSA) is 74.3 Å². The van der Waals surface area contributed by atoms with Gasteiger partial charge in [0.15, 0.2) is 0 Å². The summed E-state index contributed by atoms with van der Waals surface area (Å²) in [6.07, 6.45) is 9.44. The van der Waals surface area contributed by atoms with Crippen LogP contribution >= 0.6 is 0 Å². The Bertz CT molecular complexity index is 513. The van der Waals surface area contributed by atoms with Crippen LogP contribution in [0.1, 0.15) is 57.8 Å². The van der Waals surface area contributed by atoms with Gasteiger partial charge in [-0.25, -0.2) is 0 Å². The molecule has 0 aromatic carbocycles. The number of carbonyl (C=O) groups is 1. The van der Waals surface area contributed by atoms with Gasteiger partial charge in [0.1, 0.15) is 0 Å². The van der Waals surface area contributed by atoms with Crippen molar-refractivity contribution in [3.63, 3.8) is 0 Å². The van der Waals surface area contributed by atoms with Gasteiger partial charge in [0.05, 0.1) is 37.9 Å². The minimum absolute atomic E-state index is 0.0126. The van der Waals surface area contributed by atoms with E-state index in [0.29, 0.717) is 32.7 Å². The minimum Gasteiger partial charge on any atom is -0.389 e. The van der Waals surface area contributed by atoms with Crippen molar-refractivity contribution in [1.29, 1.82) is 0 Å². The van der Waals surface area contributed by atoms with Crippen LogP contribution in [-0.2, 0) is 14.3 Å². The van der Waals surface area contributed by atoms with Gasteiger partial charge in [-0.2, -0.15) is 0 Å². The number of aliphatic hydroxyl groups excluding tert-OH is 1. The van der Waals surface area contributed by atoms with Crippen LogP contribution in [0.3, 0.4) is 0 Å². The second kappa shape index (κ2) is 12.3. The molecule has 0 radical (unpaired) electrons. The van der Waals surface area contributed by atoms with Crippen molar-refractivity contribution in [2.24, 2.45) is 5.92 Å². The number of fused-ring (bicyclic) bond motifs is 1. The van der Waals surface area contributed by atoms with E-state index in [1.807, 2.05) is 14.1 Å². The quantitative estimate of drug-likeness (QED) is 0.576. The molecular formula is C23H43N3O4. The Morgan fingerprint density at radius 3 is 2.70 bits per heavy atom. The van der Waals surface area contributed by atoms with Crippen LogP contribution in [0, 0.1) is 5.92 Å². The Labute approximate surface area is 182 Å². The number of ether oxygens (including phenoxy) is 2. The lowest BCUT2D eigenvalue weighted by molar-refractivity contribution is -0.158. The van der Waals surface area contributed by atoms with Gasteiger partial charge in [0.25, 0.3) is 0 Å². The lowest BCUT2D eigenvalue weighted by Crippen LogP contribution is -2.56. The summed E-state index contributed by atoms with van der Waals surface area (Å²) in [5.41, 5.74) is 0. The highest BCUT2D eigenvalue weighted by Crippen LogP contribution is 2.31. The maximum atomic E-state index is 12.3. The minimum atomic E-state index is -0.430. The van der Waals surface area contributed by atoms with Crippen LogP contribution in [0.2, 0.25) is 0 Å². The summed E-state index contributed by atoms with van der Waals surface area (Å²) >= 11 is 0. The van der Waals surface area contributed by atoms with E-state index in [2.05, 4.69) is 15.1 Å². The zero-order valence-electron chi connectivity index (χ0n) is 19.1. The van der Waals surface area contributed by atoms with Gasteiger partial charge in [-0.15, -0.1) is 0 Å². The molecule has 174 valence electrons. The highest BCUT2D eigenvalue weighted by Gasteiger charge is 2.38. The van der Waals surface area contributed by atoms with Gasteiger partial charge in [0.2, 0.25) is 5.91 Å². The fourth-order valence-electron chi connectivity index (χ4n) is 5.26. The van der Waals surface area contributed by atoms with Gasteiger partial charge in [0, 0.05) is 25.7 Å². The highest BCUT2D eigenvalue weighted by atomic mass is 16.5. The molecule has 2 heterocycles. The van der Waals surface area contributed by atoms with E-state index in [0.717, 1.165) is 38.3 Å². The van der Waals surface area contributed by atoms with Crippen molar-refractivity contribution in [3.8, 4) is 0 Å². The zero-order chi connectivity index (χ0) is 21.3. The molecule has 1 amide bonds. The van der Waals surface area contributed by atoms with Crippen molar-refractivity contribution in [3.05, 3.63) is 0 Å². The average Bonchev–Trinajstić information content (AvgIpc) is 2.70. The molecule has 3 aliphatic rings. The number of amides is 1. The number of rotatable bonds is 8. The molecule has 2 saturated heterocycles. The molecule has 1 aliphatic carbocycles. The van der Waals surface area contributed by atoms with Crippen LogP contribution in [-0.4, -0.2) is 98.7 Å². The molecule has 0 unspecified atom stereocenters. The van der Waals surface area contributed by atoms with Gasteiger partial charge < -0.3 is 24.8 Å². The van der Waals surface area contributed by atoms with E-state index in [-0.39, 0.29) is 24.2 Å². The second-order valence-corrected chi connectivity index (χ2v) is 9.80. The lowest BCUT2D eigenvalue weighted by Gasteiger charge is -2.45. The Hall–Kier alpha value is -0.730. The zero-order valence-corrected chi connectivity index (χ0v) is 19.1. The maximum Gasteiger partial charge on any atom is 0.222 e. The normalized spacial score (nSPS) is 31.7. The number of carbonyl (C=O) groups excluding carboxylic acids is 1. The first-order chi connectivity index (χ1) is 14.5. The summed E-state index contributed by atoms with van der Waals surface area (Å²) < 4.78 is 12.1. The summed E-state index contributed by atoms with van der Waals surface area (Å²) in [5.74, 6) is 0.816. The van der Waals surface area contributed by atoms with Crippen LogP contribution in [0.4, 0.5) is 0 Å². The van der Waals surface area contributed by atoms with Crippen LogP contribution in [0.5, 0.6) is 0 Å². The van der Waals surface area contributed by atoms with Crippen LogP contribution in [0.15, 0.2) is 0 Å². The molecular weight excluding hydrogens is 382 g/mol. The Morgan fingerprint density at radius 1 is 1.13 bits per heavy atom. The smallest absolute Gasteiger partial charge is 0.222 e. The number of β-amino-alcohol motifs (C(OH)–C–C–N with tert-alkyl or cyclic N) is 1. The third-order valence-electron chi connectivity index (χ3n) is 6.82. The van der Waals surface area contributed by atoms with Crippen molar-refractivity contribution in [1.82, 2.24) is 15.1 Å². The summed E-state index contributed by atoms with van der Waals surface area (Å²) in [7, 11) is 4.09. The molecule has 0 aromatic heterocycles. The maximum absolute atomic E-state index is 12.3. The first kappa shape index (κ1) is 23.9. The van der Waals surface area contributed by atoms with Crippen molar-refractivity contribution >= 4 is 5.91 Å². The molecule has 1 saturated carbocycles. The largest absolute Gasteiger partial charge is 0.389 e. The van der Waals surface area contributed by atoms with Crippen molar-refractivity contribution in [2.75, 3.05) is 53.5 Å². The number of nitrogens with one attached hydrogen (secondary N) is 1. The monoisotopic (exact) mass is 425 g/mol. The van der Waals surface area contributed by atoms with Crippen LogP contribution < -0.4 is 5.32 Å². The fraction of sp³-hybridized carbons (Fsp3) is 0.957. The Morgan fingerprint density at radius 2 is 1.93 bits per heavy atom. The van der Waals surface area contributed by atoms with Crippen molar-refractivity contribution in [2.45, 2.75) is 82.1 Å². The molecule has 7 nitrogen and oxygen atoms in total. The molecule has 2 aliphatic heterocycles. The summed E-state index contributed by atoms with van der Waals surface area (Å²) in [4.78, 5) is 16.9. The van der Waals surface area contributed by atoms with Gasteiger partial charge in [-0.3, -0.25) is 9.69 Å². The molecule has 3 fully saturated rings. The molecule has 0 aromatic rings. The first-order valence-electron chi connectivity index (χ1n) is 12.1. The fourth-order valence-corrected chi connectivity index (χ4v) is 5.26. The van der Waals surface area contributed by atoms with E-state index < -0.39 is 6.10 Å². The van der Waals surface area contributed by atoms with E-state index >= 15 is 0 Å². The Balaban J connectivity index is 1.49. The lowest BCUT2D eigenvalue weighted by atomic mass is 9.87. The predicted molar refractivity (Wildman–Crippen MR) is 117 cm³/mol. The summed E-state index contributed by atoms with van der Waals surface area (Å²) in [6.45, 7) is 4.28. The van der Waals surface area contributed by atoms with Crippen LogP contribution in [0.25, 0.3) is 0 Å². The molecule has 3 rings (SSSR count). The third-order valence-corrected chi connectivity index (χ3v) is 6.82. The first-order valence-corrected chi connectivity index (χ1v) is 12.1. The van der Waals surface area contributed by atoms with Gasteiger partial charge in [-0.1, -0.05) is 19.3 Å². The van der Waals surface area contributed by atoms with E-state index in [1.165, 1.54) is 32.1 Å². The van der Waals surface area contributed by atoms with E-state index in [4.69, 9.17) is 9.47 Å². The number of nitrogens with zero attached hydrogens (tertiary/aromatic N) is 2. The van der Waals surface area contributed by atoms with E-state index in [1.54, 1.807) is 0 Å². The third kappa shape index (κ3) is 7.75. The number of hydrogen-bond acceptors (Lipinski definition) is 6. The van der Waals surface area contributed by atoms with Gasteiger partial charge in [-0.05, 0) is 58.7 Å². The molecule has 2 N–H and O–H groups in total. The average molecular weight is 426 g/mol. The molecule has 30 heavy (non-hydrogen) atoms. The van der Waals surface area contributed by atoms with E-state index in [9.17, 15) is 9.90 Å². The Kier molecular flexibility index (Phi) is 9.84. The number of aliphatic hydroxyl groups is 1. The number of hydrogen-bond donors (Lipinski definition) is 2. The van der Waals surface area contributed by atoms with Crippen molar-refractivity contribution < 1.29 is 19.4 Å². The molecule has 4 atom stereocenters. The second-order valence-electron chi connectivity index (χ2n) is 9.80. The standard InChI is InChI=1S/C23H43N3O4/c1-25(2)12-6-11-24-23(28)13-20-9-10-21-22(30-20)17-29-16-19(27)15-26(21)14-18-7-4-3-5-8-18/h18-22,27H,3-17H2,1-2H3,(H,24,28)/t19-,20+,21-,22+/m0/s1. The molecule has 7 heteroatoms. The SMILES string of the molecule is CN(C)CCCNC(=O)C[C@H]1CC[C@H]2[C@@H](COC[C@@H](O)CN2CC2CCCCC2)O1. The summed E-state index contributed by atoms with van der Waals surface area (Å²) in [5, 5.41) is 13.4. The predicted octanol–water partition coefficient (Wildman–Crippen LogP) is 1.63. The molecule has 0 spiro atoms. The summed E-state index contributed by atoms with van der Waals surface area (Å²) in [6, 6.07) is 0.279. The molecule has 0 bridgehead atoms. The van der Waals surface area contributed by atoms with Gasteiger partial charge >= 0.3 is 0 Å². The highest BCUT2D eigenvalue weighted by molar-refractivity contribution is 5.76.